The topological polar surface area (TPSA) is 61.4 Å². The Morgan fingerprint density at radius 1 is 1.07 bits per heavy atom. The number of anilines is 2. The van der Waals surface area contributed by atoms with Crippen LogP contribution in [-0.2, 0) is 4.79 Å². The van der Waals surface area contributed by atoms with Crippen molar-refractivity contribution in [1.29, 1.82) is 0 Å². The molecule has 1 unspecified atom stereocenters. The molecule has 0 radical (unpaired) electrons. The second-order valence-corrected chi connectivity index (χ2v) is 8.15. The Morgan fingerprint density at radius 2 is 1.80 bits per heavy atom. The van der Waals surface area contributed by atoms with Crippen LogP contribution < -0.4 is 15.5 Å². The SMILES string of the molecule is CCCCC(NC(=O)c1cccc(C)c1C)C(=O)Nc1cccc(N2CCCC2)c1. The molecule has 5 heteroatoms. The summed E-state index contributed by atoms with van der Waals surface area (Å²) in [6, 6.07) is 13.1. The number of aryl methyl sites for hydroxylation is 1. The largest absolute Gasteiger partial charge is 0.371 e. The number of carbonyl (C=O) groups is 2. The van der Waals surface area contributed by atoms with E-state index in [4.69, 9.17) is 0 Å². The van der Waals surface area contributed by atoms with Gasteiger partial charge in [-0.3, -0.25) is 9.59 Å². The van der Waals surface area contributed by atoms with E-state index in [9.17, 15) is 9.59 Å². The third kappa shape index (κ3) is 5.41. The Labute approximate surface area is 179 Å². The quantitative estimate of drug-likeness (QED) is 0.659. The first kappa shape index (κ1) is 21.9. The van der Waals surface area contributed by atoms with Gasteiger partial charge in [-0.25, -0.2) is 0 Å². The number of carbonyl (C=O) groups excluding carboxylic acids is 2. The second kappa shape index (κ2) is 10.3. The Hall–Kier alpha value is -2.82. The maximum Gasteiger partial charge on any atom is 0.252 e. The molecular weight excluding hydrogens is 374 g/mol. The predicted molar refractivity (Wildman–Crippen MR) is 123 cm³/mol. The number of rotatable bonds is 8. The Kier molecular flexibility index (Phi) is 7.50. The van der Waals surface area contributed by atoms with Crippen molar-refractivity contribution in [3.05, 3.63) is 59.2 Å². The van der Waals surface area contributed by atoms with Gasteiger partial charge in [0.05, 0.1) is 0 Å². The summed E-state index contributed by atoms with van der Waals surface area (Å²) >= 11 is 0. The molecule has 2 aromatic carbocycles. The lowest BCUT2D eigenvalue weighted by atomic mass is 10.0. The van der Waals surface area contributed by atoms with E-state index in [-0.39, 0.29) is 11.8 Å². The lowest BCUT2D eigenvalue weighted by Gasteiger charge is -2.21. The predicted octanol–water partition coefficient (Wildman–Crippen LogP) is 4.83. The first-order chi connectivity index (χ1) is 14.5. The molecule has 2 N–H and O–H groups in total. The molecule has 30 heavy (non-hydrogen) atoms. The van der Waals surface area contributed by atoms with Crippen molar-refractivity contribution in [3.8, 4) is 0 Å². The van der Waals surface area contributed by atoms with Crippen LogP contribution in [0.3, 0.4) is 0 Å². The molecule has 0 spiro atoms. The van der Waals surface area contributed by atoms with Crippen molar-refractivity contribution in [2.45, 2.75) is 58.9 Å². The number of amides is 2. The van der Waals surface area contributed by atoms with Gasteiger partial charge in [0.25, 0.3) is 5.91 Å². The van der Waals surface area contributed by atoms with E-state index in [2.05, 4.69) is 28.5 Å². The van der Waals surface area contributed by atoms with Gasteiger partial charge in [0, 0.05) is 30.0 Å². The third-order valence-corrected chi connectivity index (χ3v) is 5.90. The van der Waals surface area contributed by atoms with Crippen LogP contribution in [0.25, 0.3) is 0 Å². The van der Waals surface area contributed by atoms with Gasteiger partial charge in [-0.05, 0) is 68.5 Å². The summed E-state index contributed by atoms with van der Waals surface area (Å²) in [5, 5.41) is 5.98. The zero-order chi connectivity index (χ0) is 21.5. The van der Waals surface area contributed by atoms with Gasteiger partial charge < -0.3 is 15.5 Å². The zero-order valence-corrected chi connectivity index (χ0v) is 18.3. The molecule has 1 heterocycles. The Bertz CT molecular complexity index is 888. The number of unbranched alkanes of at least 4 members (excludes halogenated alkanes) is 1. The van der Waals surface area contributed by atoms with E-state index < -0.39 is 6.04 Å². The van der Waals surface area contributed by atoms with Crippen molar-refractivity contribution >= 4 is 23.2 Å². The minimum atomic E-state index is -0.562. The number of hydrogen-bond acceptors (Lipinski definition) is 3. The summed E-state index contributed by atoms with van der Waals surface area (Å²) in [7, 11) is 0. The fourth-order valence-corrected chi connectivity index (χ4v) is 3.90. The van der Waals surface area contributed by atoms with Gasteiger partial charge in [-0.1, -0.05) is 38.0 Å². The Balaban J connectivity index is 1.71. The third-order valence-electron chi connectivity index (χ3n) is 5.90. The molecule has 2 amide bonds. The maximum atomic E-state index is 13.0. The van der Waals surface area contributed by atoms with Crippen molar-refractivity contribution in [1.82, 2.24) is 5.32 Å². The Morgan fingerprint density at radius 3 is 2.53 bits per heavy atom. The summed E-state index contributed by atoms with van der Waals surface area (Å²) in [5.41, 5.74) is 4.54. The molecule has 0 aliphatic carbocycles. The molecule has 1 atom stereocenters. The smallest absolute Gasteiger partial charge is 0.252 e. The van der Waals surface area contributed by atoms with Crippen molar-refractivity contribution in [2.24, 2.45) is 0 Å². The molecule has 1 saturated heterocycles. The van der Waals surface area contributed by atoms with E-state index in [0.29, 0.717) is 12.0 Å². The van der Waals surface area contributed by atoms with Crippen molar-refractivity contribution < 1.29 is 9.59 Å². The van der Waals surface area contributed by atoms with Crippen molar-refractivity contribution in [2.75, 3.05) is 23.3 Å². The van der Waals surface area contributed by atoms with Crippen LogP contribution in [0.1, 0.15) is 60.5 Å². The minimum Gasteiger partial charge on any atom is -0.371 e. The van der Waals surface area contributed by atoms with Gasteiger partial charge in [-0.2, -0.15) is 0 Å². The van der Waals surface area contributed by atoms with E-state index in [0.717, 1.165) is 48.4 Å². The highest BCUT2D eigenvalue weighted by Crippen LogP contribution is 2.23. The van der Waals surface area contributed by atoms with E-state index in [1.165, 1.54) is 12.8 Å². The number of benzene rings is 2. The van der Waals surface area contributed by atoms with Crippen LogP contribution in [0.15, 0.2) is 42.5 Å². The first-order valence-electron chi connectivity index (χ1n) is 11.0. The van der Waals surface area contributed by atoms with Crippen molar-refractivity contribution in [3.63, 3.8) is 0 Å². The standard InChI is InChI=1S/C25H33N3O2/c1-4-5-14-23(27-24(29)22-13-8-10-18(2)19(22)3)25(30)26-20-11-9-12-21(17-20)28-15-6-7-16-28/h8-13,17,23H,4-7,14-16H2,1-3H3,(H,26,30)(H,27,29). The van der Waals surface area contributed by atoms with Crippen LogP contribution >= 0.6 is 0 Å². The molecule has 0 bridgehead atoms. The van der Waals surface area contributed by atoms with Crippen LogP contribution in [0.5, 0.6) is 0 Å². The maximum absolute atomic E-state index is 13.0. The fraction of sp³-hybridized carbons (Fsp3) is 0.440. The lowest BCUT2D eigenvalue weighted by molar-refractivity contribution is -0.118. The molecule has 3 rings (SSSR count). The van der Waals surface area contributed by atoms with Crippen LogP contribution in [0, 0.1) is 13.8 Å². The van der Waals surface area contributed by atoms with Crippen LogP contribution in [0.2, 0.25) is 0 Å². The van der Waals surface area contributed by atoms with Gasteiger partial charge in [-0.15, -0.1) is 0 Å². The molecule has 0 aromatic heterocycles. The average molecular weight is 408 g/mol. The van der Waals surface area contributed by atoms with E-state index >= 15 is 0 Å². The molecule has 5 nitrogen and oxygen atoms in total. The van der Waals surface area contributed by atoms with Gasteiger partial charge >= 0.3 is 0 Å². The minimum absolute atomic E-state index is 0.166. The summed E-state index contributed by atoms with van der Waals surface area (Å²) < 4.78 is 0. The summed E-state index contributed by atoms with van der Waals surface area (Å²) in [6.07, 6.45) is 4.87. The molecular formula is C25H33N3O2. The van der Waals surface area contributed by atoms with Crippen LogP contribution in [0.4, 0.5) is 11.4 Å². The highest BCUT2D eigenvalue weighted by Gasteiger charge is 2.22. The molecule has 1 aliphatic heterocycles. The number of nitrogens with zero attached hydrogens (tertiary/aromatic N) is 1. The van der Waals surface area contributed by atoms with E-state index in [1.54, 1.807) is 0 Å². The highest BCUT2D eigenvalue weighted by molar-refractivity contribution is 6.02. The molecule has 160 valence electrons. The number of hydrogen-bond donors (Lipinski definition) is 2. The fourth-order valence-electron chi connectivity index (χ4n) is 3.90. The summed E-state index contributed by atoms with van der Waals surface area (Å²) in [5.74, 6) is -0.362. The monoisotopic (exact) mass is 407 g/mol. The summed E-state index contributed by atoms with van der Waals surface area (Å²) in [6.45, 7) is 8.13. The molecule has 2 aromatic rings. The number of nitrogens with one attached hydrogen (secondary N) is 2. The second-order valence-electron chi connectivity index (χ2n) is 8.15. The van der Waals surface area contributed by atoms with Gasteiger partial charge in [0.2, 0.25) is 5.91 Å². The van der Waals surface area contributed by atoms with Gasteiger partial charge in [0.15, 0.2) is 0 Å². The summed E-state index contributed by atoms with van der Waals surface area (Å²) in [4.78, 5) is 28.2. The lowest BCUT2D eigenvalue weighted by Crippen LogP contribution is -2.44. The first-order valence-corrected chi connectivity index (χ1v) is 11.0. The average Bonchev–Trinajstić information content (AvgIpc) is 3.28. The van der Waals surface area contributed by atoms with Gasteiger partial charge in [0.1, 0.15) is 6.04 Å². The van der Waals surface area contributed by atoms with Crippen LogP contribution in [-0.4, -0.2) is 30.9 Å². The zero-order valence-electron chi connectivity index (χ0n) is 18.3. The molecule has 1 aliphatic rings. The normalized spacial score (nSPS) is 14.4. The highest BCUT2D eigenvalue weighted by atomic mass is 16.2. The molecule has 1 fully saturated rings. The molecule has 0 saturated carbocycles. The van der Waals surface area contributed by atoms with E-state index in [1.807, 2.05) is 50.2 Å².